The number of anilines is 4. The molecule has 13 heteroatoms. The van der Waals surface area contributed by atoms with Crippen LogP contribution in [-0.2, 0) is 0 Å². The van der Waals surface area contributed by atoms with E-state index in [1.165, 1.54) is 38.3 Å². The van der Waals surface area contributed by atoms with Crippen LogP contribution < -0.4 is 27.0 Å². The number of nitrogens with two attached hydrogens (primary N) is 2. The highest BCUT2D eigenvalue weighted by molar-refractivity contribution is 6.09. The van der Waals surface area contributed by atoms with Crippen molar-refractivity contribution < 1.29 is 4.79 Å². The summed E-state index contributed by atoms with van der Waals surface area (Å²) in [5, 5.41) is 14.1. The maximum Gasteiger partial charge on any atom is 0.256 e. The number of piperidine rings is 1. The Morgan fingerprint density at radius 1 is 1.07 bits per heavy atom. The van der Waals surface area contributed by atoms with Crippen LogP contribution in [-0.4, -0.2) is 94.3 Å². The van der Waals surface area contributed by atoms with Gasteiger partial charge in [0.15, 0.2) is 11.6 Å². The Kier molecular flexibility index (Phi) is 9.49. The number of amides is 1. The molecule has 2 fully saturated rings. The second kappa shape index (κ2) is 13.3. The third kappa shape index (κ3) is 7.84. The van der Waals surface area contributed by atoms with Crippen LogP contribution in [0, 0.1) is 23.7 Å². The molecule has 4 heterocycles. The lowest BCUT2D eigenvalue weighted by molar-refractivity contribution is 0.0977. The second-order valence-corrected chi connectivity index (χ2v) is 13.2. The highest BCUT2D eigenvalue weighted by Crippen LogP contribution is 2.29. The molecule has 1 amide bonds. The molecule has 2 aromatic heterocycles. The standard InChI is InChI=1S/C32H46N12O/c1-20-6-7-22(30(45)39-25(34)17-24(33)32(2,3)4)16-23(20)38-29-27-26(36-19-37-29)28(35)41-31(40-27)44-14-12-43(13-15-44)18-21-8-10-42(5)11-9-21/h6-7,16-17,19,21H,8-15,18,33H2,1-5H3,(H2,34,39,45)(H2,35,40,41)(H,36,37,38). The summed E-state index contributed by atoms with van der Waals surface area (Å²) in [5.74, 6) is 1.58. The number of aryl methyl sites for hydroxylation is 1. The molecule has 7 N–H and O–H groups in total. The number of nitrogen functional groups attached to an aromatic ring is 1. The van der Waals surface area contributed by atoms with Gasteiger partial charge >= 0.3 is 0 Å². The highest BCUT2D eigenvalue weighted by Gasteiger charge is 2.25. The molecule has 13 nitrogen and oxygen atoms in total. The molecule has 5 rings (SSSR count). The van der Waals surface area contributed by atoms with Crippen molar-refractivity contribution in [1.82, 2.24) is 35.1 Å². The van der Waals surface area contributed by atoms with Gasteiger partial charge in [0.05, 0.1) is 0 Å². The number of nitrogens with zero attached hydrogens (tertiary/aromatic N) is 7. The van der Waals surface area contributed by atoms with Gasteiger partial charge in [-0.15, -0.1) is 0 Å². The fraction of sp³-hybridized carbons (Fsp3) is 0.500. The van der Waals surface area contributed by atoms with Gasteiger partial charge in [-0.2, -0.15) is 4.98 Å². The van der Waals surface area contributed by atoms with Crippen LogP contribution >= 0.6 is 0 Å². The molecule has 2 aliphatic rings. The van der Waals surface area contributed by atoms with E-state index in [1.54, 1.807) is 12.1 Å². The van der Waals surface area contributed by atoms with Crippen molar-refractivity contribution in [1.29, 1.82) is 5.41 Å². The number of piperazine rings is 1. The Labute approximate surface area is 265 Å². The van der Waals surface area contributed by atoms with Gasteiger partial charge in [0.1, 0.15) is 23.2 Å². The predicted octanol–water partition coefficient (Wildman–Crippen LogP) is 3.11. The summed E-state index contributed by atoms with van der Waals surface area (Å²) in [6.45, 7) is 14.8. The largest absolute Gasteiger partial charge is 0.401 e. The van der Waals surface area contributed by atoms with E-state index < -0.39 is 5.91 Å². The van der Waals surface area contributed by atoms with E-state index in [-0.39, 0.29) is 11.3 Å². The summed E-state index contributed by atoms with van der Waals surface area (Å²) in [4.78, 5) is 38.5. The van der Waals surface area contributed by atoms with Gasteiger partial charge in [0.25, 0.3) is 5.91 Å². The number of carbonyl (C=O) groups is 1. The summed E-state index contributed by atoms with van der Waals surface area (Å²) in [6.07, 6.45) is 5.41. The molecule has 0 bridgehead atoms. The molecule has 0 unspecified atom stereocenters. The molecule has 0 radical (unpaired) electrons. The zero-order chi connectivity index (χ0) is 32.3. The lowest BCUT2D eigenvalue weighted by Gasteiger charge is -2.38. The number of fused-ring (bicyclic) bond motifs is 1. The first-order chi connectivity index (χ1) is 21.4. The minimum atomic E-state index is -0.419. The van der Waals surface area contributed by atoms with E-state index >= 15 is 0 Å². The Morgan fingerprint density at radius 2 is 1.78 bits per heavy atom. The van der Waals surface area contributed by atoms with Crippen molar-refractivity contribution in [3.8, 4) is 0 Å². The first kappa shape index (κ1) is 32.0. The smallest absolute Gasteiger partial charge is 0.256 e. The fourth-order valence-corrected chi connectivity index (χ4v) is 5.56. The molecule has 2 aliphatic heterocycles. The van der Waals surface area contributed by atoms with Crippen molar-refractivity contribution in [2.75, 3.05) is 68.8 Å². The van der Waals surface area contributed by atoms with E-state index in [2.05, 4.69) is 47.3 Å². The van der Waals surface area contributed by atoms with E-state index in [0.29, 0.717) is 45.6 Å². The molecule has 240 valence electrons. The number of likely N-dealkylation sites (tertiary alicyclic amines) is 1. The number of hydrogen-bond donors (Lipinski definition) is 5. The Morgan fingerprint density at radius 3 is 2.47 bits per heavy atom. The molecule has 45 heavy (non-hydrogen) atoms. The van der Waals surface area contributed by atoms with Crippen LogP contribution in [0.2, 0.25) is 0 Å². The third-order valence-electron chi connectivity index (χ3n) is 8.67. The number of carbonyl (C=O) groups excluding carboxylic acids is 1. The summed E-state index contributed by atoms with van der Waals surface area (Å²) in [5.41, 5.74) is 15.6. The number of benzene rings is 1. The van der Waals surface area contributed by atoms with Gasteiger partial charge in [-0.1, -0.05) is 26.8 Å². The average Bonchev–Trinajstić information content (AvgIpc) is 2.99. The monoisotopic (exact) mass is 614 g/mol. The predicted molar refractivity (Wildman–Crippen MR) is 180 cm³/mol. The van der Waals surface area contributed by atoms with Crippen molar-refractivity contribution in [2.45, 2.75) is 40.5 Å². The van der Waals surface area contributed by atoms with Gasteiger partial charge in [0.2, 0.25) is 5.95 Å². The number of hydrogen-bond acceptors (Lipinski definition) is 12. The SMILES string of the molecule is Cc1ccc(C(=O)NC(=N)C=C(N)C(C)(C)C)cc1Nc1ncnc2c(N)nc(N3CCN(CC4CCN(C)CC4)CC3)nc12. The number of nitrogens with one attached hydrogen (secondary N) is 3. The van der Waals surface area contributed by atoms with Crippen LogP contribution in [0.5, 0.6) is 0 Å². The molecular weight excluding hydrogens is 568 g/mol. The Balaban J connectivity index is 1.31. The van der Waals surface area contributed by atoms with Gasteiger partial charge in [0, 0.05) is 55.1 Å². The molecular formula is C32H46N12O. The quantitative estimate of drug-likeness (QED) is 0.195. The number of rotatable bonds is 7. The molecule has 1 aromatic carbocycles. The molecule has 0 spiro atoms. The zero-order valence-electron chi connectivity index (χ0n) is 27.0. The Hall–Kier alpha value is -4.36. The van der Waals surface area contributed by atoms with Crippen molar-refractivity contribution >= 4 is 46.0 Å². The minimum Gasteiger partial charge on any atom is -0.401 e. The van der Waals surface area contributed by atoms with Gasteiger partial charge in [-0.05, 0) is 69.6 Å². The Bertz CT molecular complexity index is 1580. The zero-order valence-corrected chi connectivity index (χ0v) is 27.0. The van der Waals surface area contributed by atoms with E-state index in [9.17, 15) is 4.79 Å². The first-order valence-electron chi connectivity index (χ1n) is 15.6. The lowest BCUT2D eigenvalue weighted by Crippen LogP contribution is -2.49. The molecule has 2 saturated heterocycles. The number of aromatic nitrogens is 4. The van der Waals surface area contributed by atoms with Gasteiger partial charge in [-0.25, -0.2) is 15.0 Å². The van der Waals surface area contributed by atoms with Crippen LogP contribution in [0.4, 0.5) is 23.3 Å². The summed E-state index contributed by atoms with van der Waals surface area (Å²) in [7, 11) is 2.20. The number of allylic oxidation sites excluding steroid dienone is 1. The first-order valence-corrected chi connectivity index (χ1v) is 15.6. The third-order valence-corrected chi connectivity index (χ3v) is 8.67. The lowest BCUT2D eigenvalue weighted by atomic mass is 9.92. The number of amidine groups is 1. The topological polar surface area (TPSA) is 178 Å². The second-order valence-electron chi connectivity index (χ2n) is 13.2. The molecule has 0 atom stereocenters. The van der Waals surface area contributed by atoms with Crippen LogP contribution in [0.3, 0.4) is 0 Å². The van der Waals surface area contributed by atoms with Crippen molar-refractivity contribution in [2.24, 2.45) is 17.1 Å². The summed E-state index contributed by atoms with van der Waals surface area (Å²) in [6, 6.07) is 5.27. The van der Waals surface area contributed by atoms with Crippen LogP contribution in [0.1, 0.15) is 49.5 Å². The van der Waals surface area contributed by atoms with Crippen LogP contribution in [0.25, 0.3) is 11.0 Å². The summed E-state index contributed by atoms with van der Waals surface area (Å²) >= 11 is 0. The van der Waals surface area contributed by atoms with Crippen molar-refractivity contribution in [3.05, 3.63) is 47.4 Å². The molecule has 0 aliphatic carbocycles. The van der Waals surface area contributed by atoms with E-state index in [0.717, 1.165) is 44.2 Å². The average molecular weight is 615 g/mol. The van der Waals surface area contributed by atoms with Crippen molar-refractivity contribution in [3.63, 3.8) is 0 Å². The van der Waals surface area contributed by atoms with Gasteiger partial charge < -0.3 is 31.9 Å². The fourth-order valence-electron chi connectivity index (χ4n) is 5.56. The normalized spacial score (nSPS) is 17.4. The van der Waals surface area contributed by atoms with Gasteiger partial charge in [-0.3, -0.25) is 15.1 Å². The maximum absolute atomic E-state index is 13.0. The van der Waals surface area contributed by atoms with E-state index in [4.69, 9.17) is 21.9 Å². The highest BCUT2D eigenvalue weighted by atomic mass is 16.1. The molecule has 0 saturated carbocycles. The maximum atomic E-state index is 13.0. The summed E-state index contributed by atoms with van der Waals surface area (Å²) < 4.78 is 0. The minimum absolute atomic E-state index is 0.0772. The molecule has 3 aromatic rings. The van der Waals surface area contributed by atoms with E-state index in [1.807, 2.05) is 33.8 Å². The van der Waals surface area contributed by atoms with Crippen LogP contribution in [0.15, 0.2) is 36.3 Å².